The summed E-state index contributed by atoms with van der Waals surface area (Å²) in [6.07, 6.45) is 0. The SMILES string of the molecule is COc1ccccc1C(=O)N=Nc1ccc(NOC(=O)c2ccc([N+](=O)[O-])cc2[N+](=O)[O-])cc1. The van der Waals surface area contributed by atoms with Crippen molar-refractivity contribution in [2.45, 2.75) is 0 Å². The molecule has 3 rings (SSSR count). The van der Waals surface area contributed by atoms with E-state index in [1.54, 1.807) is 24.3 Å². The van der Waals surface area contributed by atoms with Gasteiger partial charge in [0.05, 0.1) is 40.0 Å². The van der Waals surface area contributed by atoms with Crippen LogP contribution in [0.2, 0.25) is 0 Å². The minimum Gasteiger partial charge on any atom is -0.496 e. The Hall–Kier alpha value is -5.20. The Balaban J connectivity index is 1.65. The van der Waals surface area contributed by atoms with Gasteiger partial charge in [-0.1, -0.05) is 12.1 Å². The van der Waals surface area contributed by atoms with Crippen molar-refractivity contribution in [3.8, 4) is 5.75 Å². The molecule has 3 aromatic carbocycles. The third-order valence-electron chi connectivity index (χ3n) is 4.33. The van der Waals surface area contributed by atoms with E-state index in [1.807, 2.05) is 0 Å². The van der Waals surface area contributed by atoms with Crippen molar-refractivity contribution in [3.63, 3.8) is 0 Å². The van der Waals surface area contributed by atoms with E-state index in [-0.39, 0.29) is 11.3 Å². The molecule has 0 aliphatic rings. The first-order valence-electron chi connectivity index (χ1n) is 9.39. The molecule has 3 aromatic rings. The second kappa shape index (κ2) is 10.4. The number of nitro benzene ring substituents is 2. The maximum Gasteiger partial charge on any atom is 0.369 e. The lowest BCUT2D eigenvalue weighted by atomic mass is 10.1. The van der Waals surface area contributed by atoms with Gasteiger partial charge in [-0.3, -0.25) is 25.0 Å². The number of carbonyl (C=O) groups excluding carboxylic acids is 2. The summed E-state index contributed by atoms with van der Waals surface area (Å²) in [6.45, 7) is 0. The number of anilines is 1. The van der Waals surface area contributed by atoms with Crippen molar-refractivity contribution >= 4 is 34.6 Å². The van der Waals surface area contributed by atoms with Gasteiger partial charge in [0.1, 0.15) is 11.3 Å². The number of nitrogens with one attached hydrogen (secondary N) is 1. The maximum atomic E-state index is 12.2. The van der Waals surface area contributed by atoms with Crippen molar-refractivity contribution in [1.82, 2.24) is 0 Å². The Labute approximate surface area is 190 Å². The molecule has 34 heavy (non-hydrogen) atoms. The quantitative estimate of drug-likeness (QED) is 0.282. The number of benzene rings is 3. The topological polar surface area (TPSA) is 176 Å². The zero-order valence-corrected chi connectivity index (χ0v) is 17.4. The van der Waals surface area contributed by atoms with Gasteiger partial charge >= 0.3 is 5.97 Å². The molecule has 1 N–H and O–H groups in total. The molecular weight excluding hydrogens is 450 g/mol. The smallest absolute Gasteiger partial charge is 0.369 e. The van der Waals surface area contributed by atoms with Crippen LogP contribution in [0.25, 0.3) is 0 Å². The minimum atomic E-state index is -1.12. The summed E-state index contributed by atoms with van der Waals surface area (Å²) in [5, 5.41) is 29.4. The second-order valence-corrected chi connectivity index (χ2v) is 6.46. The number of ether oxygens (including phenoxy) is 1. The molecule has 0 saturated carbocycles. The largest absolute Gasteiger partial charge is 0.496 e. The average molecular weight is 465 g/mol. The number of hydrogen-bond donors (Lipinski definition) is 1. The van der Waals surface area contributed by atoms with Crippen molar-refractivity contribution in [3.05, 3.63) is 98.1 Å². The summed E-state index contributed by atoms with van der Waals surface area (Å²) >= 11 is 0. The van der Waals surface area contributed by atoms with Gasteiger partial charge in [-0.15, -0.1) is 10.2 Å². The van der Waals surface area contributed by atoms with Gasteiger partial charge in [-0.05, 0) is 42.5 Å². The number of nitrogens with zero attached hydrogens (tertiary/aromatic N) is 4. The van der Waals surface area contributed by atoms with Gasteiger partial charge in [-0.25, -0.2) is 10.3 Å². The molecule has 0 radical (unpaired) electrons. The lowest BCUT2D eigenvalue weighted by molar-refractivity contribution is -0.394. The molecule has 0 fully saturated rings. The second-order valence-electron chi connectivity index (χ2n) is 6.46. The fourth-order valence-electron chi connectivity index (χ4n) is 2.69. The van der Waals surface area contributed by atoms with Crippen molar-refractivity contribution in [2.24, 2.45) is 10.2 Å². The molecule has 0 bridgehead atoms. The van der Waals surface area contributed by atoms with Gasteiger partial charge in [0.15, 0.2) is 0 Å². The van der Waals surface area contributed by atoms with Crippen LogP contribution in [0.15, 0.2) is 77.0 Å². The molecule has 0 unspecified atom stereocenters. The monoisotopic (exact) mass is 465 g/mol. The summed E-state index contributed by atoms with van der Waals surface area (Å²) in [5.74, 6) is -1.35. The molecule has 0 heterocycles. The Bertz CT molecular complexity index is 1290. The molecule has 0 aromatic heterocycles. The van der Waals surface area contributed by atoms with Crippen molar-refractivity contribution < 1.29 is 29.0 Å². The molecule has 1 amide bonds. The van der Waals surface area contributed by atoms with E-state index in [2.05, 4.69) is 15.7 Å². The van der Waals surface area contributed by atoms with E-state index in [0.717, 1.165) is 12.1 Å². The number of nitro groups is 2. The summed E-state index contributed by atoms with van der Waals surface area (Å²) in [7, 11) is 1.43. The zero-order valence-electron chi connectivity index (χ0n) is 17.4. The van der Waals surface area contributed by atoms with Crippen LogP contribution in [0.3, 0.4) is 0 Å². The van der Waals surface area contributed by atoms with Gasteiger partial charge in [0.25, 0.3) is 17.3 Å². The standard InChI is InChI=1S/C21H15N5O8/c1-33-19-5-3-2-4-17(19)20(27)23-22-13-6-8-14(9-7-13)24-34-21(28)16-11-10-15(25(29)30)12-18(16)26(31)32/h2-12,24H,1H3. The normalized spacial score (nSPS) is 10.5. The number of amides is 1. The molecular formula is C21H15N5O8. The number of carbonyl (C=O) groups is 2. The predicted molar refractivity (Wildman–Crippen MR) is 117 cm³/mol. The number of para-hydroxylation sites is 1. The van der Waals surface area contributed by atoms with Crippen LogP contribution < -0.4 is 10.2 Å². The summed E-state index contributed by atoms with van der Waals surface area (Å²) in [6, 6.07) is 15.0. The first kappa shape index (κ1) is 23.5. The highest BCUT2D eigenvalue weighted by Gasteiger charge is 2.25. The van der Waals surface area contributed by atoms with Crippen LogP contribution in [0.5, 0.6) is 5.75 Å². The van der Waals surface area contributed by atoms with Crippen LogP contribution in [-0.2, 0) is 4.84 Å². The van der Waals surface area contributed by atoms with Crippen molar-refractivity contribution in [1.29, 1.82) is 0 Å². The maximum absolute atomic E-state index is 12.2. The Morgan fingerprint density at radius 2 is 1.62 bits per heavy atom. The third kappa shape index (κ3) is 5.53. The van der Waals surface area contributed by atoms with E-state index in [9.17, 15) is 29.8 Å². The molecule has 13 nitrogen and oxygen atoms in total. The average Bonchev–Trinajstić information content (AvgIpc) is 2.85. The molecule has 0 saturated heterocycles. The Morgan fingerprint density at radius 3 is 2.26 bits per heavy atom. The van der Waals surface area contributed by atoms with E-state index in [1.165, 1.54) is 31.4 Å². The Kier molecular flexibility index (Phi) is 7.18. The summed E-state index contributed by atoms with van der Waals surface area (Å²) < 4.78 is 5.11. The van der Waals surface area contributed by atoms with E-state index < -0.39 is 38.7 Å². The van der Waals surface area contributed by atoms with Crippen LogP contribution in [0.4, 0.5) is 22.7 Å². The summed E-state index contributed by atoms with van der Waals surface area (Å²) in [4.78, 5) is 49.5. The number of non-ortho nitro benzene ring substituents is 1. The Morgan fingerprint density at radius 1 is 0.912 bits per heavy atom. The molecule has 0 spiro atoms. The third-order valence-corrected chi connectivity index (χ3v) is 4.33. The van der Waals surface area contributed by atoms with Gasteiger partial charge < -0.3 is 9.57 Å². The first-order chi connectivity index (χ1) is 16.3. The number of methoxy groups -OCH3 is 1. The highest BCUT2D eigenvalue weighted by Crippen LogP contribution is 2.26. The number of azo groups is 1. The van der Waals surface area contributed by atoms with Gasteiger partial charge in [0, 0.05) is 6.07 Å². The van der Waals surface area contributed by atoms with Crippen LogP contribution >= 0.6 is 0 Å². The molecule has 13 heteroatoms. The highest BCUT2D eigenvalue weighted by atomic mass is 16.7. The minimum absolute atomic E-state index is 0.249. The lowest BCUT2D eigenvalue weighted by Crippen LogP contribution is -2.12. The van der Waals surface area contributed by atoms with Crippen LogP contribution in [-0.4, -0.2) is 28.8 Å². The van der Waals surface area contributed by atoms with Crippen LogP contribution in [0.1, 0.15) is 20.7 Å². The van der Waals surface area contributed by atoms with Crippen LogP contribution in [0, 0.1) is 20.2 Å². The lowest BCUT2D eigenvalue weighted by Gasteiger charge is -2.07. The van der Waals surface area contributed by atoms with Gasteiger partial charge in [0.2, 0.25) is 0 Å². The zero-order chi connectivity index (χ0) is 24.7. The number of rotatable bonds is 8. The molecule has 172 valence electrons. The highest BCUT2D eigenvalue weighted by molar-refractivity contribution is 5.97. The fourth-order valence-corrected chi connectivity index (χ4v) is 2.69. The first-order valence-corrected chi connectivity index (χ1v) is 9.39. The van der Waals surface area contributed by atoms with E-state index >= 15 is 0 Å². The molecule has 0 atom stereocenters. The van der Waals surface area contributed by atoms with E-state index in [0.29, 0.717) is 17.5 Å². The number of hydrogen-bond acceptors (Lipinski definition) is 10. The fraction of sp³-hybridized carbons (Fsp3) is 0.0476. The summed E-state index contributed by atoms with van der Waals surface area (Å²) in [5.41, 5.74) is 1.40. The van der Waals surface area contributed by atoms with Gasteiger partial charge in [-0.2, -0.15) is 0 Å². The molecule has 0 aliphatic heterocycles. The van der Waals surface area contributed by atoms with Crippen molar-refractivity contribution in [2.75, 3.05) is 12.6 Å². The molecule has 0 aliphatic carbocycles. The predicted octanol–water partition coefficient (Wildman–Crippen LogP) is 4.62. The van der Waals surface area contributed by atoms with E-state index in [4.69, 9.17) is 9.57 Å².